The number of amides is 2. The molecular weight excluding hydrogens is 292 g/mol. The van der Waals surface area contributed by atoms with Crippen LogP contribution in [0.5, 0.6) is 5.75 Å². The van der Waals surface area contributed by atoms with E-state index in [9.17, 15) is 9.59 Å². The van der Waals surface area contributed by atoms with Crippen molar-refractivity contribution >= 4 is 17.5 Å². The van der Waals surface area contributed by atoms with Crippen LogP contribution in [-0.4, -0.2) is 36.4 Å². The molecule has 0 unspecified atom stereocenters. The monoisotopic (exact) mass is 316 g/mol. The highest BCUT2D eigenvalue weighted by Gasteiger charge is 2.38. The summed E-state index contributed by atoms with van der Waals surface area (Å²) in [6.45, 7) is 0.555. The molecule has 0 spiro atoms. The first-order valence-corrected chi connectivity index (χ1v) is 8.42. The highest BCUT2D eigenvalue weighted by atomic mass is 16.5. The highest BCUT2D eigenvalue weighted by molar-refractivity contribution is 5.97. The molecule has 124 valence electrons. The van der Waals surface area contributed by atoms with Gasteiger partial charge in [-0.2, -0.15) is 0 Å². The lowest BCUT2D eigenvalue weighted by Gasteiger charge is -2.31. The molecule has 0 aromatic heterocycles. The summed E-state index contributed by atoms with van der Waals surface area (Å²) in [5.74, 6) is 0.498. The van der Waals surface area contributed by atoms with Crippen molar-refractivity contribution in [1.29, 1.82) is 0 Å². The van der Waals surface area contributed by atoms with E-state index in [0.717, 1.165) is 12.8 Å². The molecule has 2 aliphatic rings. The molecule has 23 heavy (non-hydrogen) atoms. The molecule has 1 N–H and O–H groups in total. The van der Waals surface area contributed by atoms with Crippen LogP contribution in [0.3, 0.4) is 0 Å². The molecule has 2 fully saturated rings. The van der Waals surface area contributed by atoms with Gasteiger partial charge in [-0.05, 0) is 25.0 Å². The third-order valence-electron chi connectivity index (χ3n) is 4.88. The van der Waals surface area contributed by atoms with E-state index in [-0.39, 0.29) is 17.7 Å². The minimum absolute atomic E-state index is 0.0788. The second-order valence-corrected chi connectivity index (χ2v) is 6.46. The molecule has 5 heteroatoms. The SMILES string of the molecule is COc1cccc(NC(=O)[C@@H]2CC(=O)N(C3CCCCC3)C2)c1. The van der Waals surface area contributed by atoms with Crippen LogP contribution in [0.25, 0.3) is 0 Å². The smallest absolute Gasteiger partial charge is 0.229 e. The van der Waals surface area contributed by atoms with Crippen LogP contribution in [0.2, 0.25) is 0 Å². The second-order valence-electron chi connectivity index (χ2n) is 6.46. The largest absolute Gasteiger partial charge is 0.497 e. The number of likely N-dealkylation sites (tertiary alicyclic amines) is 1. The molecule has 0 bridgehead atoms. The standard InChI is InChI=1S/C18H24N2O3/c1-23-16-9-5-6-14(11-16)19-18(22)13-10-17(21)20(12-13)15-7-3-2-4-8-15/h5-6,9,11,13,15H,2-4,7-8,10,12H2,1H3,(H,19,22)/t13-/m1/s1. The Morgan fingerprint density at radius 2 is 2.04 bits per heavy atom. The van der Waals surface area contributed by atoms with Crippen molar-refractivity contribution in [3.63, 3.8) is 0 Å². The number of hydrogen-bond acceptors (Lipinski definition) is 3. The molecule has 1 aromatic rings. The fraction of sp³-hybridized carbons (Fsp3) is 0.556. The Hall–Kier alpha value is -2.04. The van der Waals surface area contributed by atoms with Crippen LogP contribution >= 0.6 is 0 Å². The lowest BCUT2D eigenvalue weighted by atomic mass is 9.94. The Morgan fingerprint density at radius 1 is 1.26 bits per heavy atom. The van der Waals surface area contributed by atoms with Crippen LogP contribution in [0.4, 0.5) is 5.69 Å². The number of hydrogen-bond donors (Lipinski definition) is 1. The first-order valence-electron chi connectivity index (χ1n) is 8.42. The van der Waals surface area contributed by atoms with Crippen molar-refractivity contribution in [2.75, 3.05) is 19.0 Å². The lowest BCUT2D eigenvalue weighted by molar-refractivity contribution is -0.130. The van der Waals surface area contributed by atoms with Crippen molar-refractivity contribution < 1.29 is 14.3 Å². The summed E-state index contributed by atoms with van der Waals surface area (Å²) in [7, 11) is 1.60. The van der Waals surface area contributed by atoms with Gasteiger partial charge in [0.05, 0.1) is 13.0 Å². The Bertz CT molecular complexity index is 581. The molecule has 1 heterocycles. The molecule has 5 nitrogen and oxygen atoms in total. The van der Waals surface area contributed by atoms with Gasteiger partial charge in [0.15, 0.2) is 0 Å². The van der Waals surface area contributed by atoms with Crippen molar-refractivity contribution in [2.45, 2.75) is 44.6 Å². The molecule has 1 aliphatic carbocycles. The van der Waals surface area contributed by atoms with Gasteiger partial charge in [0.25, 0.3) is 0 Å². The van der Waals surface area contributed by atoms with Crippen LogP contribution in [0, 0.1) is 5.92 Å². The van der Waals surface area contributed by atoms with Gasteiger partial charge in [0.1, 0.15) is 5.75 Å². The molecular formula is C18H24N2O3. The van der Waals surface area contributed by atoms with Crippen LogP contribution in [0.1, 0.15) is 38.5 Å². The van der Waals surface area contributed by atoms with E-state index in [1.165, 1.54) is 19.3 Å². The fourth-order valence-corrected chi connectivity index (χ4v) is 3.60. The van der Waals surface area contributed by atoms with Gasteiger partial charge in [-0.15, -0.1) is 0 Å². The molecule has 3 rings (SSSR count). The first kappa shape index (κ1) is 15.8. The number of benzene rings is 1. The van der Waals surface area contributed by atoms with E-state index in [4.69, 9.17) is 4.74 Å². The Kier molecular flexibility index (Phi) is 4.84. The molecule has 2 amide bonds. The molecule has 1 aromatic carbocycles. The van der Waals surface area contributed by atoms with Crippen molar-refractivity contribution in [2.24, 2.45) is 5.92 Å². The zero-order valence-corrected chi connectivity index (χ0v) is 13.6. The highest BCUT2D eigenvalue weighted by Crippen LogP contribution is 2.29. The minimum Gasteiger partial charge on any atom is -0.497 e. The van der Waals surface area contributed by atoms with Crippen LogP contribution in [0.15, 0.2) is 24.3 Å². The molecule has 1 saturated heterocycles. The number of carbonyl (C=O) groups excluding carboxylic acids is 2. The van der Waals surface area contributed by atoms with E-state index in [2.05, 4.69) is 5.32 Å². The van der Waals surface area contributed by atoms with Crippen molar-refractivity contribution in [3.8, 4) is 5.75 Å². The average molecular weight is 316 g/mol. The van der Waals surface area contributed by atoms with Gasteiger partial charge in [0, 0.05) is 30.8 Å². The molecule has 1 aliphatic heterocycles. The maximum absolute atomic E-state index is 12.5. The third kappa shape index (κ3) is 3.66. The summed E-state index contributed by atoms with van der Waals surface area (Å²) in [6, 6.07) is 7.62. The van der Waals surface area contributed by atoms with Gasteiger partial charge in [-0.25, -0.2) is 0 Å². The number of anilines is 1. The third-order valence-corrected chi connectivity index (χ3v) is 4.88. The number of nitrogens with one attached hydrogen (secondary N) is 1. The summed E-state index contributed by atoms with van der Waals surface area (Å²) >= 11 is 0. The van der Waals surface area contributed by atoms with Gasteiger partial charge < -0.3 is 15.0 Å². The Morgan fingerprint density at radius 3 is 2.78 bits per heavy atom. The fourth-order valence-electron chi connectivity index (χ4n) is 3.60. The summed E-state index contributed by atoms with van der Waals surface area (Å²) in [5, 5.41) is 2.90. The van der Waals surface area contributed by atoms with E-state index in [1.54, 1.807) is 13.2 Å². The van der Waals surface area contributed by atoms with Crippen molar-refractivity contribution in [1.82, 2.24) is 4.90 Å². The number of methoxy groups -OCH3 is 1. The maximum Gasteiger partial charge on any atom is 0.229 e. The van der Waals surface area contributed by atoms with Crippen molar-refractivity contribution in [3.05, 3.63) is 24.3 Å². The number of carbonyl (C=O) groups is 2. The zero-order chi connectivity index (χ0) is 16.2. The topological polar surface area (TPSA) is 58.6 Å². The van der Waals surface area contributed by atoms with Gasteiger partial charge in [-0.1, -0.05) is 25.3 Å². The van der Waals surface area contributed by atoms with Crippen LogP contribution in [-0.2, 0) is 9.59 Å². The normalized spacial score (nSPS) is 22.2. The summed E-state index contributed by atoms with van der Waals surface area (Å²) in [4.78, 5) is 26.7. The van der Waals surface area contributed by atoms with E-state index in [0.29, 0.717) is 30.4 Å². The second kappa shape index (κ2) is 7.02. The lowest BCUT2D eigenvalue weighted by Crippen LogP contribution is -2.38. The van der Waals surface area contributed by atoms with Gasteiger partial charge in [-0.3, -0.25) is 9.59 Å². The number of nitrogens with zero attached hydrogens (tertiary/aromatic N) is 1. The molecule has 1 atom stereocenters. The quantitative estimate of drug-likeness (QED) is 0.929. The van der Waals surface area contributed by atoms with Gasteiger partial charge in [0.2, 0.25) is 11.8 Å². The summed E-state index contributed by atoms with van der Waals surface area (Å²) in [5.41, 5.74) is 0.706. The van der Waals surface area contributed by atoms with Gasteiger partial charge >= 0.3 is 0 Å². The van der Waals surface area contributed by atoms with E-state index >= 15 is 0 Å². The van der Waals surface area contributed by atoms with E-state index < -0.39 is 0 Å². The van der Waals surface area contributed by atoms with E-state index in [1.807, 2.05) is 23.1 Å². The Balaban J connectivity index is 1.60. The molecule has 0 radical (unpaired) electrons. The zero-order valence-electron chi connectivity index (χ0n) is 13.6. The first-order chi connectivity index (χ1) is 11.2. The Labute approximate surface area is 137 Å². The van der Waals surface area contributed by atoms with Crippen LogP contribution < -0.4 is 10.1 Å². The maximum atomic E-state index is 12.5. The minimum atomic E-state index is -0.254. The predicted molar refractivity (Wildman–Crippen MR) is 88.3 cm³/mol. The molecule has 1 saturated carbocycles. The summed E-state index contributed by atoms with van der Waals surface area (Å²) in [6.07, 6.45) is 6.13. The number of rotatable bonds is 4. The number of ether oxygens (including phenoxy) is 1. The summed E-state index contributed by atoms with van der Waals surface area (Å²) < 4.78 is 5.16. The average Bonchev–Trinajstić information content (AvgIpc) is 2.98. The predicted octanol–water partition coefficient (Wildman–Crippen LogP) is 2.81.